The van der Waals surface area contributed by atoms with E-state index in [-0.39, 0.29) is 17.7 Å². The van der Waals surface area contributed by atoms with Gasteiger partial charge in [-0.1, -0.05) is 0 Å². The van der Waals surface area contributed by atoms with Gasteiger partial charge in [0.25, 0.3) is 0 Å². The molecule has 0 amide bonds. The number of alkyl halides is 6. The number of hydrogen-bond acceptors (Lipinski definition) is 4. The standard InChI is InChI=1S/C15H14F6O4/c1-13(2)5-9(22)8-3-11(24-14(18,19)6-16)12(4-10(8)23-13)25-15(20,21)7-17/h3-4H,5-7H2,1-2H3. The van der Waals surface area contributed by atoms with Gasteiger partial charge >= 0.3 is 12.2 Å². The fraction of sp³-hybridized carbons (Fsp3) is 0.533. The Kier molecular flexibility index (Phi) is 4.84. The number of Topliss-reactive ketones (excluding diaryl/α,β-unsaturated/α-hetero) is 1. The van der Waals surface area contributed by atoms with Crippen LogP contribution in [0, 0.1) is 0 Å². The average Bonchev–Trinajstić information content (AvgIpc) is 2.47. The van der Waals surface area contributed by atoms with Crippen molar-refractivity contribution in [1.82, 2.24) is 0 Å². The van der Waals surface area contributed by atoms with Crippen LogP contribution in [0.25, 0.3) is 0 Å². The zero-order chi connectivity index (χ0) is 19.0. The van der Waals surface area contributed by atoms with Crippen molar-refractivity contribution >= 4 is 5.78 Å². The van der Waals surface area contributed by atoms with E-state index in [4.69, 9.17) is 4.74 Å². The molecular formula is C15H14F6O4. The number of hydrogen-bond donors (Lipinski definition) is 0. The minimum absolute atomic E-state index is 0.111. The van der Waals surface area contributed by atoms with Crippen molar-refractivity contribution in [1.29, 1.82) is 0 Å². The number of halogens is 6. The number of ether oxygens (including phenoxy) is 3. The van der Waals surface area contributed by atoms with Crippen molar-refractivity contribution in [2.75, 3.05) is 13.3 Å². The van der Waals surface area contributed by atoms with Crippen LogP contribution in [0.3, 0.4) is 0 Å². The summed E-state index contributed by atoms with van der Waals surface area (Å²) >= 11 is 0. The van der Waals surface area contributed by atoms with Gasteiger partial charge in [0.2, 0.25) is 0 Å². The van der Waals surface area contributed by atoms with E-state index in [9.17, 15) is 31.1 Å². The van der Waals surface area contributed by atoms with Gasteiger partial charge in [0, 0.05) is 6.07 Å². The maximum atomic E-state index is 13.2. The molecule has 0 saturated carbocycles. The molecule has 1 heterocycles. The van der Waals surface area contributed by atoms with Gasteiger partial charge in [-0.05, 0) is 19.9 Å². The Morgan fingerprint density at radius 1 is 1.04 bits per heavy atom. The van der Waals surface area contributed by atoms with Crippen molar-refractivity contribution in [2.45, 2.75) is 38.1 Å². The van der Waals surface area contributed by atoms with Gasteiger partial charge in [0.1, 0.15) is 11.4 Å². The number of rotatable bonds is 6. The molecule has 10 heteroatoms. The molecule has 1 aliphatic rings. The molecule has 4 nitrogen and oxygen atoms in total. The highest BCUT2D eigenvalue weighted by Gasteiger charge is 2.39. The fourth-order valence-electron chi connectivity index (χ4n) is 2.20. The zero-order valence-corrected chi connectivity index (χ0v) is 13.2. The number of benzene rings is 1. The first-order valence-electron chi connectivity index (χ1n) is 7.04. The SMILES string of the molecule is CC1(C)CC(=O)c2cc(OC(F)(F)CF)c(OC(F)(F)CF)cc2O1. The second-order valence-electron chi connectivity index (χ2n) is 6.00. The maximum absolute atomic E-state index is 13.2. The molecule has 2 rings (SSSR count). The van der Waals surface area contributed by atoms with Crippen molar-refractivity contribution < 1.29 is 45.3 Å². The van der Waals surface area contributed by atoms with Crippen LogP contribution in [0.15, 0.2) is 12.1 Å². The Morgan fingerprint density at radius 2 is 1.52 bits per heavy atom. The van der Waals surface area contributed by atoms with E-state index < -0.39 is 48.4 Å². The second-order valence-corrected chi connectivity index (χ2v) is 6.00. The third kappa shape index (κ3) is 4.49. The van der Waals surface area contributed by atoms with Crippen LogP contribution in [0.5, 0.6) is 17.2 Å². The van der Waals surface area contributed by atoms with Crippen LogP contribution in [0.1, 0.15) is 30.6 Å². The third-order valence-electron chi connectivity index (χ3n) is 3.15. The van der Waals surface area contributed by atoms with Crippen molar-refractivity contribution in [2.24, 2.45) is 0 Å². The van der Waals surface area contributed by atoms with Crippen LogP contribution in [-0.2, 0) is 0 Å². The molecule has 0 spiro atoms. The Labute approximate surface area is 138 Å². The van der Waals surface area contributed by atoms with E-state index >= 15 is 0 Å². The summed E-state index contributed by atoms with van der Waals surface area (Å²) in [5, 5.41) is 0. The van der Waals surface area contributed by atoms with Crippen molar-refractivity contribution in [3.05, 3.63) is 17.7 Å². The van der Waals surface area contributed by atoms with Gasteiger partial charge in [-0.3, -0.25) is 4.79 Å². The molecule has 0 unspecified atom stereocenters. The van der Waals surface area contributed by atoms with E-state index in [0.29, 0.717) is 12.1 Å². The van der Waals surface area contributed by atoms with E-state index in [0.717, 1.165) is 0 Å². The van der Waals surface area contributed by atoms with Crippen molar-refractivity contribution in [3.63, 3.8) is 0 Å². The topological polar surface area (TPSA) is 44.8 Å². The highest BCUT2D eigenvalue weighted by molar-refractivity contribution is 6.01. The minimum Gasteiger partial charge on any atom is -0.486 e. The minimum atomic E-state index is -4.35. The van der Waals surface area contributed by atoms with Gasteiger partial charge < -0.3 is 14.2 Å². The predicted molar refractivity (Wildman–Crippen MR) is 73.2 cm³/mol. The summed E-state index contributed by atoms with van der Waals surface area (Å²) in [4.78, 5) is 12.1. The summed E-state index contributed by atoms with van der Waals surface area (Å²) in [5.41, 5.74) is -1.20. The van der Waals surface area contributed by atoms with E-state index in [1.54, 1.807) is 13.8 Å². The van der Waals surface area contributed by atoms with E-state index in [1.807, 2.05) is 0 Å². The summed E-state index contributed by atoms with van der Waals surface area (Å²) in [7, 11) is 0. The highest BCUT2D eigenvalue weighted by atomic mass is 19.3. The molecule has 0 N–H and O–H groups in total. The molecule has 1 aromatic carbocycles. The number of ketones is 1. The van der Waals surface area contributed by atoms with E-state index in [1.165, 1.54) is 0 Å². The molecule has 0 aromatic heterocycles. The first-order valence-corrected chi connectivity index (χ1v) is 7.04. The predicted octanol–water partition coefficient (Wildman–Crippen LogP) is 4.31. The largest absolute Gasteiger partial charge is 0.486 e. The third-order valence-corrected chi connectivity index (χ3v) is 3.15. The number of fused-ring (bicyclic) bond motifs is 1. The molecule has 25 heavy (non-hydrogen) atoms. The van der Waals surface area contributed by atoms with E-state index in [2.05, 4.69) is 9.47 Å². The van der Waals surface area contributed by atoms with Gasteiger partial charge in [0.15, 0.2) is 30.6 Å². The van der Waals surface area contributed by atoms with Crippen LogP contribution in [0.4, 0.5) is 26.3 Å². The molecular weight excluding hydrogens is 358 g/mol. The van der Waals surface area contributed by atoms with Gasteiger partial charge in [-0.15, -0.1) is 0 Å². The molecule has 0 aliphatic carbocycles. The lowest BCUT2D eigenvalue weighted by Gasteiger charge is -2.32. The molecule has 0 saturated heterocycles. The van der Waals surface area contributed by atoms with Crippen LogP contribution < -0.4 is 14.2 Å². The Hall–Kier alpha value is -2.13. The Morgan fingerprint density at radius 3 is 2.00 bits per heavy atom. The van der Waals surface area contributed by atoms with Gasteiger partial charge in [-0.2, -0.15) is 17.6 Å². The number of carbonyl (C=O) groups excluding carboxylic acids is 1. The smallest absolute Gasteiger partial charge is 0.427 e. The zero-order valence-electron chi connectivity index (χ0n) is 13.2. The summed E-state index contributed by atoms with van der Waals surface area (Å²) < 4.78 is 90.8. The molecule has 0 bridgehead atoms. The summed E-state index contributed by atoms with van der Waals surface area (Å²) in [6.45, 7) is -1.40. The monoisotopic (exact) mass is 372 g/mol. The summed E-state index contributed by atoms with van der Waals surface area (Å²) in [5.74, 6) is -2.79. The molecule has 0 fully saturated rings. The number of carbonyl (C=O) groups is 1. The lowest BCUT2D eigenvalue weighted by molar-refractivity contribution is -0.201. The van der Waals surface area contributed by atoms with Crippen LogP contribution in [-0.4, -0.2) is 37.0 Å². The quantitative estimate of drug-likeness (QED) is 0.698. The van der Waals surface area contributed by atoms with Gasteiger partial charge in [-0.25, -0.2) is 8.78 Å². The molecule has 0 radical (unpaired) electrons. The molecule has 0 atom stereocenters. The van der Waals surface area contributed by atoms with Crippen LogP contribution >= 0.6 is 0 Å². The lowest BCUT2D eigenvalue weighted by Crippen LogP contribution is -2.36. The molecule has 140 valence electrons. The van der Waals surface area contributed by atoms with Gasteiger partial charge in [0.05, 0.1) is 12.0 Å². The van der Waals surface area contributed by atoms with Crippen LogP contribution in [0.2, 0.25) is 0 Å². The first-order chi connectivity index (χ1) is 11.4. The molecule has 1 aliphatic heterocycles. The normalized spacial score (nSPS) is 16.9. The maximum Gasteiger partial charge on any atom is 0.427 e. The highest BCUT2D eigenvalue weighted by Crippen LogP contribution is 2.43. The Balaban J connectivity index is 2.53. The first kappa shape index (κ1) is 19.2. The summed E-state index contributed by atoms with van der Waals surface area (Å²) in [6, 6.07) is 1.39. The lowest BCUT2D eigenvalue weighted by atomic mass is 9.93. The van der Waals surface area contributed by atoms with Crippen molar-refractivity contribution in [3.8, 4) is 17.2 Å². The average molecular weight is 372 g/mol. The molecule has 1 aromatic rings. The Bertz CT molecular complexity index is 674. The fourth-order valence-corrected chi connectivity index (χ4v) is 2.20. The second kappa shape index (κ2) is 6.30. The summed E-state index contributed by atoms with van der Waals surface area (Å²) in [6.07, 6.45) is -8.81.